The van der Waals surface area contributed by atoms with Crippen LogP contribution in [0.5, 0.6) is 0 Å². The summed E-state index contributed by atoms with van der Waals surface area (Å²) in [5.74, 6) is -0.556. The lowest BCUT2D eigenvalue weighted by Gasteiger charge is -2.28. The molecule has 0 rings (SSSR count). The Labute approximate surface area is 104 Å². The van der Waals surface area contributed by atoms with Gasteiger partial charge in [0, 0.05) is 19.6 Å². The summed E-state index contributed by atoms with van der Waals surface area (Å²) in [6.45, 7) is 5.47. The van der Waals surface area contributed by atoms with E-state index >= 15 is 0 Å². The molecular formula is C10H22N2O4S. The van der Waals surface area contributed by atoms with Crippen LogP contribution in [-0.4, -0.2) is 56.3 Å². The summed E-state index contributed by atoms with van der Waals surface area (Å²) in [6.07, 6.45) is 0.641. The van der Waals surface area contributed by atoms with Crippen molar-refractivity contribution in [2.75, 3.05) is 27.2 Å². The SMILES string of the molecule is CCCN(CC(=O)OC)S(=O)(=O)N(C)C(C)C. The van der Waals surface area contributed by atoms with E-state index in [4.69, 9.17) is 0 Å². The fraction of sp³-hybridized carbons (Fsp3) is 0.900. The summed E-state index contributed by atoms with van der Waals surface area (Å²) >= 11 is 0. The van der Waals surface area contributed by atoms with E-state index in [-0.39, 0.29) is 12.6 Å². The third-order valence-corrected chi connectivity index (χ3v) is 4.54. The van der Waals surface area contributed by atoms with Crippen LogP contribution in [0, 0.1) is 0 Å². The average molecular weight is 266 g/mol. The molecule has 0 saturated heterocycles. The van der Waals surface area contributed by atoms with Crippen LogP contribution in [0.15, 0.2) is 0 Å². The number of ether oxygens (including phenoxy) is 1. The standard InChI is InChI=1S/C10H22N2O4S/c1-6-7-12(8-10(13)16-5)17(14,15)11(4)9(2)3/h9H,6-8H2,1-5H3. The normalized spacial score (nSPS) is 12.5. The van der Waals surface area contributed by atoms with Gasteiger partial charge in [-0.15, -0.1) is 0 Å². The molecule has 0 aliphatic rings. The first kappa shape index (κ1) is 16.3. The second-order valence-corrected chi connectivity index (χ2v) is 6.02. The molecule has 0 aromatic heterocycles. The molecule has 0 atom stereocenters. The van der Waals surface area contributed by atoms with Crippen LogP contribution in [0.2, 0.25) is 0 Å². The number of methoxy groups -OCH3 is 1. The maximum absolute atomic E-state index is 12.2. The van der Waals surface area contributed by atoms with Crippen molar-refractivity contribution in [3.05, 3.63) is 0 Å². The highest BCUT2D eigenvalue weighted by atomic mass is 32.2. The van der Waals surface area contributed by atoms with Crippen molar-refractivity contribution < 1.29 is 17.9 Å². The van der Waals surface area contributed by atoms with Gasteiger partial charge >= 0.3 is 5.97 Å². The molecule has 0 spiro atoms. The topological polar surface area (TPSA) is 66.9 Å². The third-order valence-electron chi connectivity index (χ3n) is 2.42. The van der Waals surface area contributed by atoms with E-state index in [0.29, 0.717) is 13.0 Å². The van der Waals surface area contributed by atoms with Gasteiger partial charge in [-0.05, 0) is 20.3 Å². The van der Waals surface area contributed by atoms with Crippen molar-refractivity contribution in [1.29, 1.82) is 0 Å². The summed E-state index contributed by atoms with van der Waals surface area (Å²) in [6, 6.07) is -0.156. The zero-order valence-electron chi connectivity index (χ0n) is 11.1. The molecule has 17 heavy (non-hydrogen) atoms. The van der Waals surface area contributed by atoms with E-state index in [1.807, 2.05) is 6.92 Å². The first-order valence-corrected chi connectivity index (χ1v) is 6.97. The van der Waals surface area contributed by atoms with Gasteiger partial charge in [-0.3, -0.25) is 4.79 Å². The molecule has 0 heterocycles. The van der Waals surface area contributed by atoms with Crippen molar-refractivity contribution in [1.82, 2.24) is 8.61 Å². The molecule has 7 heteroatoms. The second-order valence-electron chi connectivity index (χ2n) is 4.03. The van der Waals surface area contributed by atoms with Crippen LogP contribution in [0.25, 0.3) is 0 Å². The predicted octanol–water partition coefficient (Wildman–Crippen LogP) is 0.456. The molecule has 0 unspecified atom stereocenters. The molecule has 0 saturated carbocycles. The minimum atomic E-state index is -3.60. The largest absolute Gasteiger partial charge is 0.468 e. The zero-order valence-corrected chi connectivity index (χ0v) is 12.0. The summed E-state index contributed by atoms with van der Waals surface area (Å²) in [7, 11) is -0.861. The summed E-state index contributed by atoms with van der Waals surface area (Å²) in [5, 5.41) is 0. The van der Waals surface area contributed by atoms with E-state index in [0.717, 1.165) is 4.31 Å². The van der Waals surface area contributed by atoms with Gasteiger partial charge in [0.05, 0.1) is 7.11 Å². The molecule has 0 amide bonds. The molecule has 0 aromatic rings. The van der Waals surface area contributed by atoms with Crippen LogP contribution in [0.4, 0.5) is 0 Å². The fourth-order valence-electron chi connectivity index (χ4n) is 1.18. The average Bonchev–Trinajstić information content (AvgIpc) is 2.26. The van der Waals surface area contributed by atoms with Crippen molar-refractivity contribution in [2.24, 2.45) is 0 Å². The van der Waals surface area contributed by atoms with E-state index in [1.165, 1.54) is 18.5 Å². The van der Waals surface area contributed by atoms with E-state index in [2.05, 4.69) is 4.74 Å². The maximum atomic E-state index is 12.2. The maximum Gasteiger partial charge on any atom is 0.321 e. The molecule has 6 nitrogen and oxygen atoms in total. The highest BCUT2D eigenvalue weighted by Crippen LogP contribution is 2.10. The molecule has 102 valence electrons. The number of hydrogen-bond acceptors (Lipinski definition) is 4. The van der Waals surface area contributed by atoms with Crippen LogP contribution in [-0.2, 0) is 19.7 Å². The van der Waals surface area contributed by atoms with Gasteiger partial charge in [-0.2, -0.15) is 17.0 Å². The number of carbonyl (C=O) groups is 1. The highest BCUT2D eigenvalue weighted by molar-refractivity contribution is 7.86. The molecule has 0 aromatic carbocycles. The van der Waals surface area contributed by atoms with Crippen LogP contribution < -0.4 is 0 Å². The molecule has 0 bridgehead atoms. The molecule has 0 radical (unpaired) electrons. The van der Waals surface area contributed by atoms with Gasteiger partial charge in [0.15, 0.2) is 0 Å². The lowest BCUT2D eigenvalue weighted by Crippen LogP contribution is -2.47. The fourth-order valence-corrected chi connectivity index (χ4v) is 2.76. The van der Waals surface area contributed by atoms with Gasteiger partial charge in [0.2, 0.25) is 0 Å². The number of hydrogen-bond donors (Lipinski definition) is 0. The Kier molecular flexibility index (Phi) is 6.66. The monoisotopic (exact) mass is 266 g/mol. The molecule has 0 fully saturated rings. The molecule has 0 aliphatic carbocycles. The minimum absolute atomic E-state index is 0.156. The van der Waals surface area contributed by atoms with Crippen LogP contribution >= 0.6 is 0 Å². The van der Waals surface area contributed by atoms with E-state index in [9.17, 15) is 13.2 Å². The minimum Gasteiger partial charge on any atom is -0.468 e. The van der Waals surface area contributed by atoms with Gasteiger partial charge < -0.3 is 4.74 Å². The molecule has 0 N–H and O–H groups in total. The third kappa shape index (κ3) is 4.61. The van der Waals surface area contributed by atoms with E-state index < -0.39 is 16.2 Å². The number of rotatable bonds is 7. The van der Waals surface area contributed by atoms with Crippen molar-refractivity contribution in [3.8, 4) is 0 Å². The van der Waals surface area contributed by atoms with Gasteiger partial charge in [0.1, 0.15) is 6.54 Å². The first-order valence-electron chi connectivity index (χ1n) is 5.57. The second kappa shape index (κ2) is 6.93. The Hall–Kier alpha value is -0.660. The summed E-state index contributed by atoms with van der Waals surface area (Å²) in [4.78, 5) is 11.2. The summed E-state index contributed by atoms with van der Waals surface area (Å²) in [5.41, 5.74) is 0. The molecule has 0 aliphatic heterocycles. The van der Waals surface area contributed by atoms with Crippen LogP contribution in [0.3, 0.4) is 0 Å². The van der Waals surface area contributed by atoms with Gasteiger partial charge in [-0.1, -0.05) is 6.92 Å². The van der Waals surface area contributed by atoms with Crippen molar-refractivity contribution in [3.63, 3.8) is 0 Å². The van der Waals surface area contributed by atoms with E-state index in [1.54, 1.807) is 13.8 Å². The Bertz CT molecular complexity index is 340. The van der Waals surface area contributed by atoms with Crippen molar-refractivity contribution >= 4 is 16.2 Å². The Morgan fingerprint density at radius 3 is 2.24 bits per heavy atom. The number of esters is 1. The van der Waals surface area contributed by atoms with Gasteiger partial charge in [-0.25, -0.2) is 0 Å². The Morgan fingerprint density at radius 2 is 1.88 bits per heavy atom. The zero-order chi connectivity index (χ0) is 13.6. The number of carbonyl (C=O) groups excluding carboxylic acids is 1. The van der Waals surface area contributed by atoms with Crippen LogP contribution in [0.1, 0.15) is 27.2 Å². The lowest BCUT2D eigenvalue weighted by atomic mass is 10.4. The smallest absolute Gasteiger partial charge is 0.321 e. The summed E-state index contributed by atoms with van der Waals surface area (Å²) < 4.78 is 31.2. The highest BCUT2D eigenvalue weighted by Gasteiger charge is 2.29. The van der Waals surface area contributed by atoms with Gasteiger partial charge in [0.25, 0.3) is 10.2 Å². The molecular weight excluding hydrogens is 244 g/mol. The first-order chi connectivity index (χ1) is 7.77. The Balaban J connectivity index is 4.97. The predicted molar refractivity (Wildman–Crippen MR) is 65.7 cm³/mol. The number of nitrogens with zero attached hydrogens (tertiary/aromatic N) is 2. The quantitative estimate of drug-likeness (QED) is 0.628. The van der Waals surface area contributed by atoms with Crippen molar-refractivity contribution in [2.45, 2.75) is 33.2 Å². The lowest BCUT2D eigenvalue weighted by molar-refractivity contribution is -0.140. The Morgan fingerprint density at radius 1 is 1.35 bits per heavy atom.